The largest absolute Gasteiger partial charge is 0.381 e. The smallest absolute Gasteiger partial charge is 0.271 e. The van der Waals surface area contributed by atoms with E-state index in [-0.39, 0.29) is 5.69 Å². The van der Waals surface area contributed by atoms with Gasteiger partial charge in [-0.2, -0.15) is 0 Å². The summed E-state index contributed by atoms with van der Waals surface area (Å²) in [5.41, 5.74) is 2.14. The highest BCUT2D eigenvalue weighted by Gasteiger charge is 2.30. The van der Waals surface area contributed by atoms with Crippen LogP contribution in [0.3, 0.4) is 0 Å². The molecule has 0 saturated heterocycles. The van der Waals surface area contributed by atoms with Crippen LogP contribution in [-0.2, 0) is 0 Å². The van der Waals surface area contributed by atoms with Crippen LogP contribution in [0.2, 0.25) is 5.02 Å². The molecule has 21 heavy (non-hydrogen) atoms. The van der Waals surface area contributed by atoms with Crippen LogP contribution in [0.5, 0.6) is 0 Å². The van der Waals surface area contributed by atoms with E-state index in [0.29, 0.717) is 17.0 Å². The highest BCUT2D eigenvalue weighted by Crippen LogP contribution is 2.39. The van der Waals surface area contributed by atoms with Gasteiger partial charge in [0.2, 0.25) is 0 Å². The van der Waals surface area contributed by atoms with Crippen molar-refractivity contribution in [2.45, 2.75) is 24.8 Å². The van der Waals surface area contributed by atoms with Gasteiger partial charge in [-0.3, -0.25) is 10.1 Å². The molecule has 1 aliphatic rings. The molecule has 0 atom stereocenters. The van der Waals surface area contributed by atoms with Crippen LogP contribution in [0.25, 0.3) is 0 Å². The normalized spacial score (nSPS) is 20.6. The molecule has 0 bridgehead atoms. The molecule has 0 aromatic heterocycles. The minimum atomic E-state index is -0.440. The Bertz CT molecular complexity index is 655. The van der Waals surface area contributed by atoms with Gasteiger partial charge in [-0.05, 0) is 30.4 Å². The minimum absolute atomic E-state index is 0.0151. The highest BCUT2D eigenvalue weighted by molar-refractivity contribution is 6.33. The first-order valence-corrected chi connectivity index (χ1v) is 7.26. The lowest BCUT2D eigenvalue weighted by atomic mass is 9.76. The number of nitro benzene ring substituents is 1. The van der Waals surface area contributed by atoms with Crippen LogP contribution < -0.4 is 5.32 Å². The Balaban J connectivity index is 1.61. The topological polar surface area (TPSA) is 55.2 Å². The van der Waals surface area contributed by atoms with E-state index < -0.39 is 4.92 Å². The fraction of sp³-hybridized carbons (Fsp3) is 0.250. The van der Waals surface area contributed by atoms with Crippen LogP contribution >= 0.6 is 11.6 Å². The predicted molar refractivity (Wildman–Crippen MR) is 83.9 cm³/mol. The molecule has 0 spiro atoms. The van der Waals surface area contributed by atoms with Crippen molar-refractivity contribution < 1.29 is 4.92 Å². The fourth-order valence-electron chi connectivity index (χ4n) is 2.69. The summed E-state index contributed by atoms with van der Waals surface area (Å²) in [7, 11) is 0. The van der Waals surface area contributed by atoms with Crippen molar-refractivity contribution in [3.63, 3.8) is 0 Å². The maximum Gasteiger partial charge on any atom is 0.271 e. The molecule has 2 aromatic rings. The summed E-state index contributed by atoms with van der Waals surface area (Å²) >= 11 is 6.09. The average molecular weight is 303 g/mol. The fourth-order valence-corrected chi connectivity index (χ4v) is 2.92. The van der Waals surface area contributed by atoms with Crippen molar-refractivity contribution in [3.05, 3.63) is 69.2 Å². The van der Waals surface area contributed by atoms with E-state index >= 15 is 0 Å². The maximum atomic E-state index is 10.7. The molecule has 1 aliphatic carbocycles. The monoisotopic (exact) mass is 302 g/mol. The molecular weight excluding hydrogens is 288 g/mol. The molecule has 1 saturated carbocycles. The number of rotatable bonds is 4. The molecular formula is C16H15ClN2O2. The molecule has 4 nitrogen and oxygen atoms in total. The number of halogens is 1. The van der Waals surface area contributed by atoms with Crippen molar-refractivity contribution in [2.24, 2.45) is 0 Å². The van der Waals surface area contributed by atoms with Gasteiger partial charge in [0, 0.05) is 18.2 Å². The predicted octanol–water partition coefficient (Wildman–Crippen LogP) is 4.61. The van der Waals surface area contributed by atoms with Crippen LogP contribution in [0.1, 0.15) is 24.3 Å². The molecule has 5 heteroatoms. The van der Waals surface area contributed by atoms with Gasteiger partial charge in [0.15, 0.2) is 0 Å². The van der Waals surface area contributed by atoms with Crippen LogP contribution in [-0.4, -0.2) is 11.0 Å². The van der Waals surface area contributed by atoms with Gasteiger partial charge in [-0.25, -0.2) is 0 Å². The minimum Gasteiger partial charge on any atom is -0.381 e. The summed E-state index contributed by atoms with van der Waals surface area (Å²) in [6.07, 6.45) is 2.11. The van der Waals surface area contributed by atoms with E-state index in [9.17, 15) is 10.1 Å². The Morgan fingerprint density at radius 3 is 2.48 bits per heavy atom. The molecule has 1 fully saturated rings. The summed E-state index contributed by atoms with van der Waals surface area (Å²) in [6.45, 7) is 0. The van der Waals surface area contributed by atoms with E-state index in [1.54, 1.807) is 6.07 Å². The van der Waals surface area contributed by atoms with Crippen molar-refractivity contribution in [1.29, 1.82) is 0 Å². The van der Waals surface area contributed by atoms with Crippen molar-refractivity contribution in [1.82, 2.24) is 0 Å². The standard InChI is InChI=1S/C16H15ClN2O2/c17-15-10-14(19(20)21)6-7-16(15)18-13-8-12(9-13)11-4-2-1-3-5-11/h1-7,10,12-13,18H,8-9H2. The second-order valence-corrected chi connectivity index (χ2v) is 5.75. The molecule has 0 aliphatic heterocycles. The molecule has 0 radical (unpaired) electrons. The first kappa shape index (κ1) is 13.9. The Morgan fingerprint density at radius 1 is 1.14 bits per heavy atom. The lowest BCUT2D eigenvalue weighted by Crippen LogP contribution is -2.34. The van der Waals surface area contributed by atoms with Gasteiger partial charge in [0.1, 0.15) is 0 Å². The zero-order valence-electron chi connectivity index (χ0n) is 11.3. The van der Waals surface area contributed by atoms with Crippen LogP contribution in [0.4, 0.5) is 11.4 Å². The number of nitro groups is 1. The summed E-state index contributed by atoms with van der Waals surface area (Å²) in [6, 6.07) is 15.4. The van der Waals surface area contributed by atoms with Gasteiger partial charge in [-0.15, -0.1) is 0 Å². The lowest BCUT2D eigenvalue weighted by molar-refractivity contribution is -0.384. The van der Waals surface area contributed by atoms with E-state index in [2.05, 4.69) is 29.6 Å². The van der Waals surface area contributed by atoms with E-state index in [4.69, 9.17) is 11.6 Å². The number of benzene rings is 2. The Hall–Kier alpha value is -2.07. The van der Waals surface area contributed by atoms with Gasteiger partial charge in [0.05, 0.1) is 15.6 Å². The molecule has 0 amide bonds. The third-order valence-corrected chi connectivity index (χ3v) is 4.24. The first-order valence-electron chi connectivity index (χ1n) is 6.89. The molecule has 1 N–H and O–H groups in total. The van der Waals surface area contributed by atoms with E-state index in [1.807, 2.05) is 6.07 Å². The number of anilines is 1. The third-order valence-electron chi connectivity index (χ3n) is 3.93. The molecule has 3 rings (SSSR count). The van der Waals surface area contributed by atoms with Crippen LogP contribution in [0, 0.1) is 10.1 Å². The Kier molecular flexibility index (Phi) is 3.80. The third kappa shape index (κ3) is 3.00. The summed E-state index contributed by atoms with van der Waals surface area (Å²) in [5.74, 6) is 0.584. The summed E-state index contributed by atoms with van der Waals surface area (Å²) in [4.78, 5) is 10.2. The number of hydrogen-bond acceptors (Lipinski definition) is 3. The van der Waals surface area contributed by atoms with Crippen molar-refractivity contribution in [3.8, 4) is 0 Å². The summed E-state index contributed by atoms with van der Waals surface area (Å²) < 4.78 is 0. The Labute approximate surface area is 127 Å². The molecule has 108 valence electrons. The van der Waals surface area contributed by atoms with Crippen LogP contribution in [0.15, 0.2) is 48.5 Å². The Morgan fingerprint density at radius 2 is 1.86 bits per heavy atom. The maximum absolute atomic E-state index is 10.7. The van der Waals surface area contributed by atoms with Gasteiger partial charge < -0.3 is 5.32 Å². The highest BCUT2D eigenvalue weighted by atomic mass is 35.5. The second kappa shape index (κ2) is 5.74. The number of nitrogens with zero attached hydrogens (tertiary/aromatic N) is 1. The number of non-ortho nitro benzene ring substituents is 1. The zero-order valence-corrected chi connectivity index (χ0v) is 12.1. The first-order chi connectivity index (χ1) is 10.1. The molecule has 0 heterocycles. The quantitative estimate of drug-likeness (QED) is 0.663. The van der Waals surface area contributed by atoms with Crippen molar-refractivity contribution in [2.75, 3.05) is 5.32 Å². The van der Waals surface area contributed by atoms with Gasteiger partial charge >= 0.3 is 0 Å². The van der Waals surface area contributed by atoms with Gasteiger partial charge in [-0.1, -0.05) is 41.9 Å². The summed E-state index contributed by atoms with van der Waals surface area (Å²) in [5, 5.41) is 14.4. The average Bonchev–Trinajstić information content (AvgIpc) is 2.44. The van der Waals surface area contributed by atoms with Crippen molar-refractivity contribution >= 4 is 23.0 Å². The second-order valence-electron chi connectivity index (χ2n) is 5.34. The zero-order chi connectivity index (χ0) is 14.8. The number of hydrogen-bond donors (Lipinski definition) is 1. The molecule has 0 unspecified atom stereocenters. The van der Waals surface area contributed by atoms with E-state index in [1.165, 1.54) is 17.7 Å². The van der Waals surface area contributed by atoms with Gasteiger partial charge in [0.25, 0.3) is 5.69 Å². The lowest BCUT2D eigenvalue weighted by Gasteiger charge is -2.37. The number of nitrogens with one attached hydrogen (secondary N) is 1. The molecule has 2 aromatic carbocycles. The van der Waals surface area contributed by atoms with E-state index in [0.717, 1.165) is 18.5 Å². The SMILES string of the molecule is O=[N+]([O-])c1ccc(NC2CC(c3ccccc3)C2)c(Cl)c1.